The maximum atomic E-state index is 5.49. The first-order chi connectivity index (χ1) is 8.25. The van der Waals surface area contributed by atoms with Gasteiger partial charge in [-0.05, 0) is 23.8 Å². The van der Waals surface area contributed by atoms with E-state index in [4.69, 9.17) is 4.74 Å². The van der Waals surface area contributed by atoms with Crippen LogP contribution in [-0.4, -0.2) is 19.8 Å². The van der Waals surface area contributed by atoms with Crippen molar-refractivity contribution in [3.8, 4) is 0 Å². The summed E-state index contributed by atoms with van der Waals surface area (Å²) in [5.74, 6) is 0.599. The molecule has 0 aliphatic heterocycles. The second-order valence-electron chi connectivity index (χ2n) is 4.38. The van der Waals surface area contributed by atoms with Gasteiger partial charge < -0.3 is 10.1 Å². The van der Waals surface area contributed by atoms with Crippen LogP contribution >= 0.6 is 11.3 Å². The first-order valence-corrected chi connectivity index (χ1v) is 7.09. The fraction of sp³-hybridized carbons (Fsp3) is 0.571. The third-order valence-electron chi connectivity index (χ3n) is 2.59. The van der Waals surface area contributed by atoms with Gasteiger partial charge >= 0.3 is 0 Å². The van der Waals surface area contributed by atoms with Gasteiger partial charge in [-0.1, -0.05) is 26.0 Å². The zero-order chi connectivity index (χ0) is 12.5. The van der Waals surface area contributed by atoms with Crippen molar-refractivity contribution in [1.29, 1.82) is 0 Å². The molecule has 3 heteroatoms. The van der Waals surface area contributed by atoms with Crippen LogP contribution in [0.25, 0.3) is 0 Å². The molecule has 2 nitrogen and oxygen atoms in total. The van der Waals surface area contributed by atoms with Crippen LogP contribution in [0.2, 0.25) is 0 Å². The highest BCUT2D eigenvalue weighted by atomic mass is 32.1. The Morgan fingerprint density at radius 2 is 2.29 bits per heavy atom. The van der Waals surface area contributed by atoms with Gasteiger partial charge in [0.25, 0.3) is 0 Å². The number of thiophene rings is 1. The molecule has 1 atom stereocenters. The van der Waals surface area contributed by atoms with Crippen LogP contribution in [0.3, 0.4) is 0 Å². The van der Waals surface area contributed by atoms with Gasteiger partial charge in [-0.3, -0.25) is 0 Å². The topological polar surface area (TPSA) is 21.3 Å². The van der Waals surface area contributed by atoms with E-state index in [0.29, 0.717) is 12.0 Å². The van der Waals surface area contributed by atoms with E-state index in [0.717, 1.165) is 26.2 Å². The molecule has 0 amide bonds. The molecule has 17 heavy (non-hydrogen) atoms. The molecular weight excluding hydrogens is 230 g/mol. The number of ether oxygens (including phenoxy) is 1. The van der Waals surface area contributed by atoms with Crippen molar-refractivity contribution in [2.45, 2.75) is 26.3 Å². The summed E-state index contributed by atoms with van der Waals surface area (Å²) in [5.41, 5.74) is 0. The maximum Gasteiger partial charge on any atom is 0.0591 e. The third-order valence-corrected chi connectivity index (χ3v) is 3.55. The molecule has 0 fully saturated rings. The molecule has 1 aromatic heterocycles. The second kappa shape index (κ2) is 8.45. The molecule has 0 radical (unpaired) electrons. The van der Waals surface area contributed by atoms with Crippen LogP contribution in [-0.2, 0) is 4.74 Å². The molecule has 1 rings (SSSR count). The van der Waals surface area contributed by atoms with Crippen LogP contribution in [0.15, 0.2) is 30.2 Å². The molecule has 0 aliphatic carbocycles. The molecule has 1 aromatic rings. The van der Waals surface area contributed by atoms with E-state index in [1.807, 2.05) is 17.4 Å². The summed E-state index contributed by atoms with van der Waals surface area (Å²) in [4.78, 5) is 1.41. The quantitative estimate of drug-likeness (QED) is 0.536. The van der Waals surface area contributed by atoms with E-state index >= 15 is 0 Å². The number of nitrogens with one attached hydrogen (secondary N) is 1. The minimum atomic E-state index is 0.443. The summed E-state index contributed by atoms with van der Waals surface area (Å²) in [6.45, 7) is 10.6. The van der Waals surface area contributed by atoms with Crippen LogP contribution < -0.4 is 5.32 Å². The van der Waals surface area contributed by atoms with E-state index in [1.165, 1.54) is 4.88 Å². The molecule has 0 saturated carbocycles. The van der Waals surface area contributed by atoms with Gasteiger partial charge in [-0.15, -0.1) is 17.9 Å². The van der Waals surface area contributed by atoms with Gasteiger partial charge in [0.1, 0.15) is 0 Å². The van der Waals surface area contributed by atoms with Crippen LogP contribution in [0.5, 0.6) is 0 Å². The van der Waals surface area contributed by atoms with Crippen molar-refractivity contribution in [2.24, 2.45) is 5.92 Å². The second-order valence-corrected chi connectivity index (χ2v) is 5.36. The Hall–Kier alpha value is -0.640. The van der Waals surface area contributed by atoms with Crippen molar-refractivity contribution < 1.29 is 4.74 Å². The van der Waals surface area contributed by atoms with Crippen molar-refractivity contribution in [3.05, 3.63) is 35.0 Å². The predicted molar refractivity (Wildman–Crippen MR) is 75.5 cm³/mol. The standard InChI is InChI=1S/C14H23NOS/c1-4-5-9-16-10-8-15-14(12(2)3)13-7-6-11-17-13/h4,6-7,11-12,14-15H,1,5,8-10H2,2-3H3. The van der Waals surface area contributed by atoms with E-state index < -0.39 is 0 Å². The molecule has 96 valence electrons. The Kier molecular flexibility index (Phi) is 7.17. The van der Waals surface area contributed by atoms with E-state index in [-0.39, 0.29) is 0 Å². The normalized spacial score (nSPS) is 12.9. The molecule has 1 N–H and O–H groups in total. The summed E-state index contributed by atoms with van der Waals surface area (Å²) < 4.78 is 5.49. The highest BCUT2D eigenvalue weighted by Gasteiger charge is 2.15. The fourth-order valence-corrected chi connectivity index (χ4v) is 2.66. The molecule has 1 heterocycles. The third kappa shape index (κ3) is 5.48. The Bertz CT molecular complexity index is 295. The highest BCUT2D eigenvalue weighted by Crippen LogP contribution is 2.25. The van der Waals surface area contributed by atoms with Crippen LogP contribution in [0.4, 0.5) is 0 Å². The molecule has 0 saturated heterocycles. The monoisotopic (exact) mass is 253 g/mol. The SMILES string of the molecule is C=CCCOCCNC(c1cccs1)C(C)C. The fourth-order valence-electron chi connectivity index (χ4n) is 1.69. The van der Waals surface area contributed by atoms with Gasteiger partial charge in [-0.25, -0.2) is 0 Å². The number of hydrogen-bond donors (Lipinski definition) is 1. The van der Waals surface area contributed by atoms with Gasteiger partial charge in [0.2, 0.25) is 0 Å². The van der Waals surface area contributed by atoms with Crippen LogP contribution in [0.1, 0.15) is 31.2 Å². The molecular formula is C14H23NOS. The van der Waals surface area contributed by atoms with Gasteiger partial charge in [0, 0.05) is 17.5 Å². The van der Waals surface area contributed by atoms with Crippen molar-refractivity contribution in [1.82, 2.24) is 5.32 Å². The van der Waals surface area contributed by atoms with E-state index in [2.05, 4.69) is 43.3 Å². The van der Waals surface area contributed by atoms with Crippen LogP contribution in [0, 0.1) is 5.92 Å². The lowest BCUT2D eigenvalue weighted by Crippen LogP contribution is -2.28. The molecule has 0 bridgehead atoms. The smallest absolute Gasteiger partial charge is 0.0591 e. The summed E-state index contributed by atoms with van der Waals surface area (Å²) in [6, 6.07) is 4.75. The van der Waals surface area contributed by atoms with E-state index in [1.54, 1.807) is 0 Å². The molecule has 1 unspecified atom stereocenters. The van der Waals surface area contributed by atoms with Crippen molar-refractivity contribution in [3.63, 3.8) is 0 Å². The Morgan fingerprint density at radius 3 is 2.88 bits per heavy atom. The lowest BCUT2D eigenvalue weighted by Gasteiger charge is -2.21. The summed E-state index contributed by atoms with van der Waals surface area (Å²) in [6.07, 6.45) is 2.81. The Morgan fingerprint density at radius 1 is 1.47 bits per heavy atom. The van der Waals surface area contributed by atoms with Crippen molar-refractivity contribution in [2.75, 3.05) is 19.8 Å². The van der Waals surface area contributed by atoms with Gasteiger partial charge in [0.15, 0.2) is 0 Å². The maximum absolute atomic E-state index is 5.49. The molecule has 0 spiro atoms. The molecule has 0 aromatic carbocycles. The minimum Gasteiger partial charge on any atom is -0.380 e. The minimum absolute atomic E-state index is 0.443. The largest absolute Gasteiger partial charge is 0.380 e. The average molecular weight is 253 g/mol. The highest BCUT2D eigenvalue weighted by molar-refractivity contribution is 7.10. The van der Waals surface area contributed by atoms with Crippen molar-refractivity contribution >= 4 is 11.3 Å². The van der Waals surface area contributed by atoms with Gasteiger partial charge in [0.05, 0.1) is 13.2 Å². The first kappa shape index (κ1) is 14.4. The predicted octanol–water partition coefficient (Wildman–Crippen LogP) is 3.63. The van der Waals surface area contributed by atoms with Gasteiger partial charge in [-0.2, -0.15) is 0 Å². The number of hydrogen-bond acceptors (Lipinski definition) is 3. The average Bonchev–Trinajstić information content (AvgIpc) is 2.81. The molecule has 0 aliphatic rings. The summed E-state index contributed by atoms with van der Waals surface area (Å²) in [7, 11) is 0. The zero-order valence-electron chi connectivity index (χ0n) is 10.8. The lowest BCUT2D eigenvalue weighted by molar-refractivity contribution is 0.136. The Balaban J connectivity index is 2.24. The lowest BCUT2D eigenvalue weighted by atomic mass is 10.0. The zero-order valence-corrected chi connectivity index (χ0v) is 11.6. The summed E-state index contributed by atoms with van der Waals surface area (Å²) in [5, 5.41) is 5.69. The first-order valence-electron chi connectivity index (χ1n) is 6.21. The van der Waals surface area contributed by atoms with E-state index in [9.17, 15) is 0 Å². The Labute approximate surface area is 109 Å². The summed E-state index contributed by atoms with van der Waals surface area (Å²) >= 11 is 1.81. The number of rotatable bonds is 9.